The quantitative estimate of drug-likeness (QED) is 0.692. The number of nitrogens with zero attached hydrogens (tertiary/aromatic N) is 1. The Kier molecular flexibility index (Phi) is 5.62. The van der Waals surface area contributed by atoms with E-state index in [1.807, 2.05) is 20.8 Å². The zero-order chi connectivity index (χ0) is 15.4. The molecule has 1 N–H and O–H groups in total. The highest BCUT2D eigenvalue weighted by Crippen LogP contribution is 2.28. The third-order valence-electron chi connectivity index (χ3n) is 4.24. The molecule has 2 rings (SSSR count). The summed E-state index contributed by atoms with van der Waals surface area (Å²) in [7, 11) is 0. The predicted molar refractivity (Wildman–Crippen MR) is 80.7 cm³/mol. The van der Waals surface area contributed by atoms with E-state index < -0.39 is 0 Å². The smallest absolute Gasteiger partial charge is 0.245 e. The summed E-state index contributed by atoms with van der Waals surface area (Å²) in [5.74, 6) is 0.856. The lowest BCUT2D eigenvalue weighted by Crippen LogP contribution is -2.65. The minimum absolute atomic E-state index is 0.0229. The molecule has 2 unspecified atom stereocenters. The van der Waals surface area contributed by atoms with E-state index in [4.69, 9.17) is 4.74 Å². The third-order valence-corrected chi connectivity index (χ3v) is 4.24. The number of amides is 2. The first-order chi connectivity index (χ1) is 10.0. The molecule has 2 fully saturated rings. The average molecular weight is 296 g/mol. The number of hydrogen-bond acceptors (Lipinski definition) is 3. The van der Waals surface area contributed by atoms with Crippen molar-refractivity contribution in [3.05, 3.63) is 0 Å². The lowest BCUT2D eigenvalue weighted by atomic mass is 9.95. The lowest BCUT2D eigenvalue weighted by molar-refractivity contribution is -0.152. The van der Waals surface area contributed by atoms with Gasteiger partial charge in [0.2, 0.25) is 11.8 Å². The Morgan fingerprint density at radius 3 is 2.62 bits per heavy atom. The number of carbonyl (C=O) groups is 2. The Morgan fingerprint density at radius 1 is 1.33 bits per heavy atom. The van der Waals surface area contributed by atoms with Gasteiger partial charge in [0, 0.05) is 13.2 Å². The van der Waals surface area contributed by atoms with Crippen LogP contribution in [0.25, 0.3) is 0 Å². The number of hydrogen-bond donors (Lipinski definition) is 1. The van der Waals surface area contributed by atoms with Crippen molar-refractivity contribution in [3.8, 4) is 0 Å². The lowest BCUT2D eigenvalue weighted by Gasteiger charge is -2.40. The van der Waals surface area contributed by atoms with Gasteiger partial charge >= 0.3 is 0 Å². The first-order valence-corrected chi connectivity index (χ1v) is 8.23. The van der Waals surface area contributed by atoms with Gasteiger partial charge < -0.3 is 15.0 Å². The molecule has 0 bridgehead atoms. The van der Waals surface area contributed by atoms with Crippen molar-refractivity contribution < 1.29 is 14.3 Å². The molecule has 1 saturated heterocycles. The van der Waals surface area contributed by atoms with Crippen LogP contribution in [0.5, 0.6) is 0 Å². The van der Waals surface area contributed by atoms with Gasteiger partial charge in [-0.2, -0.15) is 0 Å². The molecule has 5 heteroatoms. The Balaban J connectivity index is 1.94. The van der Waals surface area contributed by atoms with Crippen molar-refractivity contribution in [2.75, 3.05) is 19.8 Å². The van der Waals surface area contributed by atoms with E-state index in [0.717, 1.165) is 18.9 Å². The SMILES string of the molecule is CCCC1NC(=O)C(C(C)C)N(CCOCC2CC2)C1=O. The molecule has 5 nitrogen and oxygen atoms in total. The van der Waals surface area contributed by atoms with Gasteiger partial charge in [-0.1, -0.05) is 27.2 Å². The normalized spacial score (nSPS) is 26.4. The van der Waals surface area contributed by atoms with E-state index in [9.17, 15) is 9.59 Å². The van der Waals surface area contributed by atoms with E-state index in [2.05, 4.69) is 5.32 Å². The van der Waals surface area contributed by atoms with Gasteiger partial charge in [-0.25, -0.2) is 0 Å². The summed E-state index contributed by atoms with van der Waals surface area (Å²) in [6.07, 6.45) is 4.11. The van der Waals surface area contributed by atoms with Gasteiger partial charge in [0.1, 0.15) is 12.1 Å². The van der Waals surface area contributed by atoms with Crippen LogP contribution in [0.2, 0.25) is 0 Å². The van der Waals surface area contributed by atoms with E-state index in [1.54, 1.807) is 4.90 Å². The van der Waals surface area contributed by atoms with Crippen LogP contribution in [0.4, 0.5) is 0 Å². The fourth-order valence-corrected chi connectivity index (χ4v) is 2.89. The second-order valence-corrected chi connectivity index (χ2v) is 6.59. The molecule has 120 valence electrons. The third kappa shape index (κ3) is 4.19. The maximum atomic E-state index is 12.6. The highest BCUT2D eigenvalue weighted by atomic mass is 16.5. The van der Waals surface area contributed by atoms with Crippen LogP contribution in [0, 0.1) is 11.8 Å². The summed E-state index contributed by atoms with van der Waals surface area (Å²) in [6.45, 7) is 7.82. The summed E-state index contributed by atoms with van der Waals surface area (Å²) in [5.41, 5.74) is 0. The maximum absolute atomic E-state index is 12.6. The summed E-state index contributed by atoms with van der Waals surface area (Å²) < 4.78 is 5.64. The van der Waals surface area contributed by atoms with Crippen molar-refractivity contribution >= 4 is 11.8 Å². The first-order valence-electron chi connectivity index (χ1n) is 8.23. The van der Waals surface area contributed by atoms with Crippen molar-refractivity contribution in [2.24, 2.45) is 11.8 Å². The standard InChI is InChI=1S/C16H28N2O3/c1-4-5-13-16(20)18(8-9-21-10-12-6-7-12)14(11(2)3)15(19)17-13/h11-14H,4-10H2,1-3H3,(H,17,19). The molecule has 2 amide bonds. The van der Waals surface area contributed by atoms with Crippen LogP contribution in [-0.4, -0.2) is 48.6 Å². The highest BCUT2D eigenvalue weighted by molar-refractivity contribution is 5.97. The zero-order valence-corrected chi connectivity index (χ0v) is 13.4. The molecule has 2 aliphatic rings. The summed E-state index contributed by atoms with van der Waals surface area (Å²) in [6, 6.07) is -0.726. The highest BCUT2D eigenvalue weighted by Gasteiger charge is 2.41. The molecular formula is C16H28N2O3. The topological polar surface area (TPSA) is 58.6 Å². The molecule has 1 aliphatic carbocycles. The molecule has 0 radical (unpaired) electrons. The molecule has 1 saturated carbocycles. The van der Waals surface area contributed by atoms with Gasteiger partial charge in [0.25, 0.3) is 0 Å². The number of piperazine rings is 1. The molecule has 1 heterocycles. The average Bonchev–Trinajstić information content (AvgIpc) is 3.23. The summed E-state index contributed by atoms with van der Waals surface area (Å²) in [5, 5.41) is 2.88. The van der Waals surface area contributed by atoms with Crippen LogP contribution in [0.3, 0.4) is 0 Å². The largest absolute Gasteiger partial charge is 0.379 e. The molecule has 21 heavy (non-hydrogen) atoms. The summed E-state index contributed by atoms with van der Waals surface area (Å²) >= 11 is 0. The Hall–Kier alpha value is -1.10. The molecule has 0 aromatic rings. The Bertz CT molecular complexity index is 380. The van der Waals surface area contributed by atoms with Crippen molar-refractivity contribution in [1.29, 1.82) is 0 Å². The molecule has 2 atom stereocenters. The van der Waals surface area contributed by atoms with Gasteiger partial charge in [0.05, 0.1) is 6.61 Å². The fourth-order valence-electron chi connectivity index (χ4n) is 2.89. The van der Waals surface area contributed by atoms with Crippen LogP contribution >= 0.6 is 0 Å². The number of nitrogens with one attached hydrogen (secondary N) is 1. The number of rotatable bonds is 8. The van der Waals surface area contributed by atoms with Gasteiger partial charge in [-0.05, 0) is 31.1 Å². The van der Waals surface area contributed by atoms with Crippen LogP contribution in [-0.2, 0) is 14.3 Å². The van der Waals surface area contributed by atoms with Gasteiger partial charge in [-0.3, -0.25) is 9.59 Å². The second-order valence-electron chi connectivity index (χ2n) is 6.59. The molecule has 0 aromatic carbocycles. The Morgan fingerprint density at radius 2 is 2.05 bits per heavy atom. The van der Waals surface area contributed by atoms with E-state index >= 15 is 0 Å². The van der Waals surface area contributed by atoms with Crippen LogP contribution in [0.15, 0.2) is 0 Å². The van der Waals surface area contributed by atoms with Crippen molar-refractivity contribution in [1.82, 2.24) is 10.2 Å². The van der Waals surface area contributed by atoms with E-state index in [1.165, 1.54) is 12.8 Å². The minimum Gasteiger partial charge on any atom is -0.379 e. The van der Waals surface area contributed by atoms with E-state index in [-0.39, 0.29) is 29.8 Å². The molecule has 0 aromatic heterocycles. The minimum atomic E-state index is -0.366. The molecular weight excluding hydrogens is 268 g/mol. The zero-order valence-electron chi connectivity index (χ0n) is 13.4. The van der Waals surface area contributed by atoms with Gasteiger partial charge in [-0.15, -0.1) is 0 Å². The molecule has 1 aliphatic heterocycles. The number of ether oxygens (including phenoxy) is 1. The van der Waals surface area contributed by atoms with Gasteiger partial charge in [0.15, 0.2) is 0 Å². The van der Waals surface area contributed by atoms with Crippen LogP contribution in [0.1, 0.15) is 46.5 Å². The van der Waals surface area contributed by atoms with Crippen LogP contribution < -0.4 is 5.32 Å². The fraction of sp³-hybridized carbons (Fsp3) is 0.875. The predicted octanol–water partition coefficient (Wildman–Crippen LogP) is 1.56. The van der Waals surface area contributed by atoms with E-state index in [0.29, 0.717) is 19.6 Å². The first kappa shape index (κ1) is 16.3. The summed E-state index contributed by atoms with van der Waals surface area (Å²) in [4.78, 5) is 26.6. The maximum Gasteiger partial charge on any atom is 0.245 e. The molecule has 0 spiro atoms. The van der Waals surface area contributed by atoms with Crippen molar-refractivity contribution in [2.45, 2.75) is 58.5 Å². The van der Waals surface area contributed by atoms with Crippen molar-refractivity contribution in [3.63, 3.8) is 0 Å². The monoisotopic (exact) mass is 296 g/mol. The second kappa shape index (κ2) is 7.25. The number of carbonyl (C=O) groups excluding carboxylic acids is 2. The Labute approximate surface area is 127 Å².